The van der Waals surface area contributed by atoms with Crippen molar-refractivity contribution in [1.29, 1.82) is 0 Å². The van der Waals surface area contributed by atoms with Crippen LogP contribution in [0.15, 0.2) is 22.7 Å². The van der Waals surface area contributed by atoms with Crippen LogP contribution in [0.2, 0.25) is 0 Å². The molecule has 1 aromatic rings. The van der Waals surface area contributed by atoms with Crippen molar-refractivity contribution in [2.75, 3.05) is 20.8 Å². The highest BCUT2D eigenvalue weighted by atomic mass is 79.9. The number of hydrogen-bond donors (Lipinski definition) is 1. The molecule has 0 radical (unpaired) electrons. The predicted octanol–water partition coefficient (Wildman–Crippen LogP) is 2.28. The van der Waals surface area contributed by atoms with Crippen molar-refractivity contribution >= 4 is 21.9 Å². The van der Waals surface area contributed by atoms with Gasteiger partial charge < -0.3 is 14.8 Å². The average Bonchev–Trinajstić information content (AvgIpc) is 2.35. The van der Waals surface area contributed by atoms with Gasteiger partial charge in [0.05, 0.1) is 25.2 Å². The van der Waals surface area contributed by atoms with Crippen LogP contribution in [0.25, 0.3) is 0 Å². The lowest BCUT2D eigenvalue weighted by Gasteiger charge is -2.14. The van der Waals surface area contributed by atoms with E-state index in [9.17, 15) is 4.79 Å². The zero-order valence-electron chi connectivity index (χ0n) is 10.1. The number of ether oxygens (including phenoxy) is 2. The molecular weight excluding hydrogens is 286 g/mol. The number of methoxy groups -OCH3 is 2. The van der Waals surface area contributed by atoms with Crippen molar-refractivity contribution in [3.8, 4) is 5.75 Å². The van der Waals surface area contributed by atoms with Crippen LogP contribution in [0.5, 0.6) is 5.75 Å². The molecule has 0 aliphatic carbocycles. The highest BCUT2D eigenvalue weighted by Crippen LogP contribution is 2.27. The lowest BCUT2D eigenvalue weighted by molar-refractivity contribution is -0.139. The Balaban J connectivity index is 2.66. The number of halogens is 1. The van der Waals surface area contributed by atoms with E-state index in [1.54, 1.807) is 7.11 Å². The molecule has 5 heteroatoms. The van der Waals surface area contributed by atoms with E-state index < -0.39 is 0 Å². The third-order valence-electron chi connectivity index (χ3n) is 2.46. The second-order valence-corrected chi connectivity index (χ2v) is 4.43. The summed E-state index contributed by atoms with van der Waals surface area (Å²) in [7, 11) is 3.00. The lowest BCUT2D eigenvalue weighted by atomic mass is 10.1. The molecule has 1 rings (SSSR count). The molecule has 0 aliphatic heterocycles. The van der Waals surface area contributed by atoms with Crippen LogP contribution in [0.3, 0.4) is 0 Å². The Labute approximate surface area is 109 Å². The van der Waals surface area contributed by atoms with Crippen LogP contribution in [0.1, 0.15) is 18.5 Å². The molecule has 1 unspecified atom stereocenters. The van der Waals surface area contributed by atoms with Gasteiger partial charge in [-0.2, -0.15) is 0 Å². The maximum Gasteiger partial charge on any atom is 0.319 e. The number of nitrogens with one attached hydrogen (secondary N) is 1. The van der Waals surface area contributed by atoms with Gasteiger partial charge >= 0.3 is 5.97 Å². The SMILES string of the molecule is COC(=O)CNC(C)c1ccc(OC)c(Br)c1. The number of hydrogen-bond acceptors (Lipinski definition) is 4. The standard InChI is InChI=1S/C12H16BrNO3/c1-8(14-7-12(15)17-3)9-4-5-11(16-2)10(13)6-9/h4-6,8,14H,7H2,1-3H3. The first kappa shape index (κ1) is 14.0. The van der Waals surface area contributed by atoms with Crippen LogP contribution in [0, 0.1) is 0 Å². The first-order valence-corrected chi connectivity index (χ1v) is 6.01. The van der Waals surface area contributed by atoms with E-state index in [1.807, 2.05) is 25.1 Å². The fourth-order valence-electron chi connectivity index (χ4n) is 1.38. The van der Waals surface area contributed by atoms with Gasteiger partial charge in [0, 0.05) is 6.04 Å². The molecule has 0 bridgehead atoms. The quantitative estimate of drug-likeness (QED) is 0.848. The van der Waals surface area contributed by atoms with E-state index in [1.165, 1.54) is 7.11 Å². The molecule has 0 fully saturated rings. The third kappa shape index (κ3) is 4.02. The Kier molecular flexibility index (Phi) is 5.44. The number of esters is 1. The Morgan fingerprint density at radius 1 is 1.47 bits per heavy atom. The van der Waals surface area contributed by atoms with Crippen LogP contribution in [-0.2, 0) is 9.53 Å². The summed E-state index contributed by atoms with van der Waals surface area (Å²) >= 11 is 3.42. The number of benzene rings is 1. The lowest BCUT2D eigenvalue weighted by Crippen LogP contribution is -2.26. The van der Waals surface area contributed by atoms with Crippen LogP contribution in [-0.4, -0.2) is 26.7 Å². The van der Waals surface area contributed by atoms with Crippen molar-refractivity contribution in [2.45, 2.75) is 13.0 Å². The summed E-state index contributed by atoms with van der Waals surface area (Å²) in [6, 6.07) is 5.87. The maximum absolute atomic E-state index is 11.0. The van der Waals surface area contributed by atoms with Crippen molar-refractivity contribution in [3.05, 3.63) is 28.2 Å². The van der Waals surface area contributed by atoms with Gasteiger partial charge in [-0.05, 0) is 40.5 Å². The molecule has 0 aromatic heterocycles. The monoisotopic (exact) mass is 301 g/mol. The third-order valence-corrected chi connectivity index (χ3v) is 3.08. The summed E-state index contributed by atoms with van der Waals surface area (Å²) in [6.45, 7) is 2.18. The minimum atomic E-state index is -0.274. The van der Waals surface area contributed by atoms with Gasteiger partial charge in [-0.3, -0.25) is 4.79 Å². The summed E-state index contributed by atoms with van der Waals surface area (Å²) in [5.74, 6) is 0.512. The second-order valence-electron chi connectivity index (χ2n) is 3.57. The Morgan fingerprint density at radius 2 is 2.18 bits per heavy atom. The van der Waals surface area contributed by atoms with E-state index in [-0.39, 0.29) is 18.6 Å². The van der Waals surface area contributed by atoms with Gasteiger partial charge in [0.2, 0.25) is 0 Å². The van der Waals surface area contributed by atoms with Gasteiger partial charge in [0.15, 0.2) is 0 Å². The van der Waals surface area contributed by atoms with Gasteiger partial charge in [-0.25, -0.2) is 0 Å². The minimum Gasteiger partial charge on any atom is -0.496 e. The fourth-order valence-corrected chi connectivity index (χ4v) is 1.94. The topological polar surface area (TPSA) is 47.6 Å². The van der Waals surface area contributed by atoms with Crippen LogP contribution in [0.4, 0.5) is 0 Å². The Morgan fingerprint density at radius 3 is 2.71 bits per heavy atom. The largest absolute Gasteiger partial charge is 0.496 e. The number of rotatable bonds is 5. The van der Waals surface area contributed by atoms with E-state index in [2.05, 4.69) is 26.0 Å². The van der Waals surface area contributed by atoms with Crippen molar-refractivity contribution < 1.29 is 14.3 Å². The number of carbonyl (C=O) groups is 1. The molecule has 17 heavy (non-hydrogen) atoms. The molecule has 0 aliphatic rings. The van der Waals surface area contributed by atoms with Crippen LogP contribution < -0.4 is 10.1 Å². The van der Waals surface area contributed by atoms with Crippen molar-refractivity contribution in [2.24, 2.45) is 0 Å². The summed E-state index contributed by atoms with van der Waals surface area (Å²) in [5, 5.41) is 3.08. The normalized spacial score (nSPS) is 12.0. The molecule has 4 nitrogen and oxygen atoms in total. The molecule has 94 valence electrons. The minimum absolute atomic E-state index is 0.0660. The molecule has 0 saturated carbocycles. The molecule has 1 atom stereocenters. The zero-order chi connectivity index (χ0) is 12.8. The molecule has 1 aromatic carbocycles. The van der Waals surface area contributed by atoms with Gasteiger partial charge in [-0.1, -0.05) is 6.07 Å². The Bertz CT molecular complexity index is 395. The highest BCUT2D eigenvalue weighted by Gasteiger charge is 2.09. The van der Waals surface area contributed by atoms with Gasteiger partial charge in [-0.15, -0.1) is 0 Å². The Hall–Kier alpha value is -1.07. The van der Waals surface area contributed by atoms with E-state index >= 15 is 0 Å². The summed E-state index contributed by atoms with van der Waals surface area (Å²) < 4.78 is 10.6. The number of carbonyl (C=O) groups excluding carboxylic acids is 1. The molecule has 0 amide bonds. The average molecular weight is 302 g/mol. The van der Waals surface area contributed by atoms with Crippen molar-refractivity contribution in [3.63, 3.8) is 0 Å². The predicted molar refractivity (Wildman–Crippen MR) is 69.1 cm³/mol. The first-order valence-electron chi connectivity index (χ1n) is 5.22. The van der Waals surface area contributed by atoms with Gasteiger partial charge in [0.25, 0.3) is 0 Å². The molecule has 0 saturated heterocycles. The first-order chi connectivity index (χ1) is 8.08. The highest BCUT2D eigenvalue weighted by molar-refractivity contribution is 9.10. The van der Waals surface area contributed by atoms with E-state index in [0.717, 1.165) is 15.8 Å². The van der Waals surface area contributed by atoms with E-state index in [4.69, 9.17) is 4.74 Å². The summed E-state index contributed by atoms with van der Waals surface area (Å²) in [5.41, 5.74) is 1.07. The van der Waals surface area contributed by atoms with Crippen molar-refractivity contribution in [1.82, 2.24) is 5.32 Å². The molecular formula is C12H16BrNO3. The zero-order valence-corrected chi connectivity index (χ0v) is 11.7. The second kappa shape index (κ2) is 6.61. The van der Waals surface area contributed by atoms with E-state index in [0.29, 0.717) is 0 Å². The summed E-state index contributed by atoms with van der Waals surface area (Å²) in [6.07, 6.45) is 0. The molecule has 0 heterocycles. The smallest absolute Gasteiger partial charge is 0.319 e. The van der Waals surface area contributed by atoms with Crippen LogP contribution >= 0.6 is 15.9 Å². The molecule has 0 spiro atoms. The summed E-state index contributed by atoms with van der Waals surface area (Å²) in [4.78, 5) is 11.0. The molecule has 1 N–H and O–H groups in total. The van der Waals surface area contributed by atoms with Gasteiger partial charge in [0.1, 0.15) is 5.75 Å². The maximum atomic E-state index is 11.0. The fraction of sp³-hybridized carbons (Fsp3) is 0.417.